The first kappa shape index (κ1) is 9.76. The van der Waals surface area contributed by atoms with E-state index >= 15 is 0 Å². The molecule has 0 radical (unpaired) electrons. The summed E-state index contributed by atoms with van der Waals surface area (Å²) in [5.41, 5.74) is 3.17. The lowest BCUT2D eigenvalue weighted by molar-refractivity contribution is 0.610. The Morgan fingerprint density at radius 1 is 1.14 bits per heavy atom. The molecule has 0 amide bonds. The lowest BCUT2D eigenvalue weighted by Crippen LogP contribution is -1.98. The van der Waals surface area contributed by atoms with E-state index in [4.69, 9.17) is 0 Å². The molecule has 1 fully saturated rings. The van der Waals surface area contributed by atoms with Gasteiger partial charge in [-0.1, -0.05) is 48.8 Å². The van der Waals surface area contributed by atoms with E-state index in [0.717, 1.165) is 12.3 Å². The van der Waals surface area contributed by atoms with Gasteiger partial charge in [-0.05, 0) is 38.0 Å². The Labute approximate surface area is 87.4 Å². The van der Waals surface area contributed by atoms with Gasteiger partial charge in [0.1, 0.15) is 0 Å². The molecular weight excluding hydrogens is 168 g/mol. The van der Waals surface area contributed by atoms with Gasteiger partial charge in [-0.3, -0.25) is 0 Å². The van der Waals surface area contributed by atoms with Crippen LogP contribution in [0.5, 0.6) is 0 Å². The highest BCUT2D eigenvalue weighted by molar-refractivity contribution is 5.24. The Balaban J connectivity index is 1.96. The SMILES string of the molecule is C=CC1=CCC=C(C2CCCC2)CC1. The highest BCUT2D eigenvalue weighted by Gasteiger charge is 2.19. The first-order chi connectivity index (χ1) is 6.90. The summed E-state index contributed by atoms with van der Waals surface area (Å²) in [4.78, 5) is 0. The fourth-order valence-corrected chi connectivity index (χ4v) is 2.71. The summed E-state index contributed by atoms with van der Waals surface area (Å²) in [6, 6.07) is 0. The normalized spacial score (nSPS) is 24.0. The summed E-state index contributed by atoms with van der Waals surface area (Å²) in [7, 11) is 0. The van der Waals surface area contributed by atoms with Crippen molar-refractivity contribution in [3.05, 3.63) is 36.0 Å². The molecule has 0 spiro atoms. The van der Waals surface area contributed by atoms with Crippen molar-refractivity contribution >= 4 is 0 Å². The van der Waals surface area contributed by atoms with Crippen LogP contribution in [0.25, 0.3) is 0 Å². The van der Waals surface area contributed by atoms with E-state index in [0.29, 0.717) is 0 Å². The minimum atomic E-state index is 0.924. The van der Waals surface area contributed by atoms with Gasteiger partial charge in [0.25, 0.3) is 0 Å². The molecule has 0 aromatic heterocycles. The number of hydrogen-bond donors (Lipinski definition) is 0. The minimum Gasteiger partial charge on any atom is -0.0988 e. The average Bonchev–Trinajstić information content (AvgIpc) is 2.63. The molecule has 14 heavy (non-hydrogen) atoms. The third-order valence-electron chi connectivity index (χ3n) is 3.60. The molecule has 0 aliphatic heterocycles. The molecule has 76 valence electrons. The van der Waals surface area contributed by atoms with Gasteiger partial charge in [-0.15, -0.1) is 0 Å². The summed E-state index contributed by atoms with van der Waals surface area (Å²) < 4.78 is 0. The lowest BCUT2D eigenvalue weighted by Gasteiger charge is -2.13. The maximum Gasteiger partial charge on any atom is -0.0161 e. The van der Waals surface area contributed by atoms with Crippen molar-refractivity contribution in [3.63, 3.8) is 0 Å². The third-order valence-corrected chi connectivity index (χ3v) is 3.60. The average molecular weight is 188 g/mol. The fraction of sp³-hybridized carbons (Fsp3) is 0.571. The molecule has 0 saturated heterocycles. The monoisotopic (exact) mass is 188 g/mol. The van der Waals surface area contributed by atoms with Crippen molar-refractivity contribution in [2.75, 3.05) is 0 Å². The Bertz CT molecular complexity index is 262. The van der Waals surface area contributed by atoms with Gasteiger partial charge in [-0.25, -0.2) is 0 Å². The highest BCUT2D eigenvalue weighted by atomic mass is 14.2. The molecule has 0 unspecified atom stereocenters. The van der Waals surface area contributed by atoms with Crippen LogP contribution in [0.2, 0.25) is 0 Å². The summed E-state index contributed by atoms with van der Waals surface area (Å²) in [6.07, 6.45) is 16.2. The van der Waals surface area contributed by atoms with Crippen molar-refractivity contribution in [1.29, 1.82) is 0 Å². The van der Waals surface area contributed by atoms with Crippen LogP contribution in [0, 0.1) is 5.92 Å². The molecule has 0 N–H and O–H groups in total. The van der Waals surface area contributed by atoms with Crippen LogP contribution in [-0.4, -0.2) is 0 Å². The van der Waals surface area contributed by atoms with E-state index in [1.807, 2.05) is 6.08 Å². The van der Waals surface area contributed by atoms with Gasteiger partial charge in [0.15, 0.2) is 0 Å². The van der Waals surface area contributed by atoms with E-state index in [1.54, 1.807) is 5.57 Å². The van der Waals surface area contributed by atoms with Gasteiger partial charge < -0.3 is 0 Å². The number of allylic oxidation sites excluding steroid dienone is 5. The zero-order valence-electron chi connectivity index (χ0n) is 8.97. The maximum absolute atomic E-state index is 3.86. The molecule has 0 heterocycles. The summed E-state index contributed by atoms with van der Waals surface area (Å²) in [5.74, 6) is 0.924. The molecule has 0 aromatic carbocycles. The molecular formula is C14H20. The maximum atomic E-state index is 3.86. The van der Waals surface area contributed by atoms with E-state index in [9.17, 15) is 0 Å². The molecule has 1 saturated carbocycles. The molecule has 2 rings (SSSR count). The topological polar surface area (TPSA) is 0 Å². The fourth-order valence-electron chi connectivity index (χ4n) is 2.71. The second-order valence-corrected chi connectivity index (χ2v) is 4.48. The van der Waals surface area contributed by atoms with Crippen LogP contribution in [0.1, 0.15) is 44.9 Å². The van der Waals surface area contributed by atoms with Crippen molar-refractivity contribution in [2.45, 2.75) is 44.9 Å². The number of hydrogen-bond acceptors (Lipinski definition) is 0. The second kappa shape index (κ2) is 4.63. The van der Waals surface area contributed by atoms with E-state index in [1.165, 1.54) is 44.1 Å². The molecule has 0 nitrogen and oxygen atoms in total. The van der Waals surface area contributed by atoms with Crippen LogP contribution in [0.3, 0.4) is 0 Å². The predicted molar refractivity (Wildman–Crippen MR) is 62.2 cm³/mol. The van der Waals surface area contributed by atoms with E-state index in [-0.39, 0.29) is 0 Å². The van der Waals surface area contributed by atoms with Gasteiger partial charge in [-0.2, -0.15) is 0 Å². The first-order valence-electron chi connectivity index (χ1n) is 5.90. The molecule has 0 heteroatoms. The largest absolute Gasteiger partial charge is 0.0988 e. The Hall–Kier alpha value is -0.780. The molecule has 2 aliphatic carbocycles. The smallest absolute Gasteiger partial charge is 0.0161 e. The summed E-state index contributed by atoms with van der Waals surface area (Å²) >= 11 is 0. The molecule has 0 bridgehead atoms. The van der Waals surface area contributed by atoms with Crippen LogP contribution < -0.4 is 0 Å². The van der Waals surface area contributed by atoms with Crippen LogP contribution in [-0.2, 0) is 0 Å². The van der Waals surface area contributed by atoms with Gasteiger partial charge in [0.2, 0.25) is 0 Å². The Morgan fingerprint density at radius 2 is 1.93 bits per heavy atom. The predicted octanol–water partition coefficient (Wildman–Crippen LogP) is 4.40. The minimum absolute atomic E-state index is 0.924. The van der Waals surface area contributed by atoms with Crippen molar-refractivity contribution in [3.8, 4) is 0 Å². The standard InChI is InChI=1S/C14H20/c1-2-12-6-5-9-14(11-10-12)13-7-3-4-8-13/h2,6,9,13H,1,3-5,7-8,10-11H2. The highest BCUT2D eigenvalue weighted by Crippen LogP contribution is 2.35. The lowest BCUT2D eigenvalue weighted by atomic mass is 9.93. The van der Waals surface area contributed by atoms with Gasteiger partial charge in [0, 0.05) is 0 Å². The third kappa shape index (κ3) is 2.17. The van der Waals surface area contributed by atoms with Crippen LogP contribution in [0.4, 0.5) is 0 Å². The molecule has 0 aromatic rings. The van der Waals surface area contributed by atoms with E-state index < -0.39 is 0 Å². The summed E-state index contributed by atoms with van der Waals surface area (Å²) in [6.45, 7) is 3.86. The number of rotatable bonds is 2. The first-order valence-corrected chi connectivity index (χ1v) is 5.90. The van der Waals surface area contributed by atoms with Crippen molar-refractivity contribution in [2.24, 2.45) is 5.92 Å². The molecule has 0 atom stereocenters. The summed E-state index contributed by atoms with van der Waals surface area (Å²) in [5, 5.41) is 0. The quantitative estimate of drug-likeness (QED) is 0.563. The van der Waals surface area contributed by atoms with Crippen LogP contribution >= 0.6 is 0 Å². The zero-order valence-corrected chi connectivity index (χ0v) is 8.97. The Morgan fingerprint density at radius 3 is 2.64 bits per heavy atom. The van der Waals surface area contributed by atoms with E-state index in [2.05, 4.69) is 18.7 Å². The van der Waals surface area contributed by atoms with Gasteiger partial charge in [0.05, 0.1) is 0 Å². The zero-order chi connectivity index (χ0) is 9.80. The Kier molecular flexibility index (Phi) is 3.23. The van der Waals surface area contributed by atoms with Crippen molar-refractivity contribution in [1.82, 2.24) is 0 Å². The van der Waals surface area contributed by atoms with Crippen LogP contribution in [0.15, 0.2) is 36.0 Å². The van der Waals surface area contributed by atoms with Crippen molar-refractivity contribution < 1.29 is 0 Å². The molecule has 2 aliphatic rings. The second-order valence-electron chi connectivity index (χ2n) is 4.48. The van der Waals surface area contributed by atoms with Gasteiger partial charge >= 0.3 is 0 Å².